The Morgan fingerprint density at radius 3 is 2.76 bits per heavy atom. The number of hydrogen-bond donors (Lipinski definition) is 0. The van der Waals surface area contributed by atoms with Crippen molar-refractivity contribution in [1.82, 2.24) is 9.55 Å². The minimum absolute atomic E-state index is 0.106. The van der Waals surface area contributed by atoms with E-state index in [4.69, 9.17) is 23.2 Å². The fourth-order valence-corrected chi connectivity index (χ4v) is 3.41. The molecule has 3 rings (SSSR count). The van der Waals surface area contributed by atoms with Crippen LogP contribution in [-0.4, -0.2) is 15.5 Å². The summed E-state index contributed by atoms with van der Waals surface area (Å²) in [5.74, 6) is -1.22. The van der Waals surface area contributed by atoms with E-state index in [-0.39, 0.29) is 5.69 Å². The van der Waals surface area contributed by atoms with Crippen LogP contribution in [0.15, 0.2) is 24.3 Å². The van der Waals surface area contributed by atoms with E-state index in [0.717, 1.165) is 15.4 Å². The van der Waals surface area contributed by atoms with Gasteiger partial charge < -0.3 is 14.5 Å². The van der Waals surface area contributed by atoms with Crippen molar-refractivity contribution in [3.05, 3.63) is 50.6 Å². The average Bonchev–Trinajstić information content (AvgIpc) is 2.92. The fraction of sp³-hybridized carbons (Fsp3) is 0.143. The van der Waals surface area contributed by atoms with Crippen LogP contribution in [0.2, 0.25) is 10.0 Å². The molecule has 0 atom stereocenters. The van der Waals surface area contributed by atoms with Crippen LogP contribution in [0.5, 0.6) is 0 Å². The van der Waals surface area contributed by atoms with Gasteiger partial charge in [-0.05, 0) is 30.7 Å². The molecule has 0 amide bonds. The quantitative estimate of drug-likeness (QED) is 0.736. The Hall–Kier alpha value is -1.56. The molecule has 0 N–H and O–H groups in total. The van der Waals surface area contributed by atoms with Gasteiger partial charge in [-0.15, -0.1) is 11.3 Å². The minimum Gasteiger partial charge on any atom is -0.543 e. The van der Waals surface area contributed by atoms with Gasteiger partial charge in [0.05, 0.1) is 26.7 Å². The second kappa shape index (κ2) is 5.33. The van der Waals surface area contributed by atoms with Crippen molar-refractivity contribution in [2.75, 3.05) is 0 Å². The summed E-state index contributed by atoms with van der Waals surface area (Å²) in [5, 5.41) is 13.1. The van der Waals surface area contributed by atoms with Crippen molar-refractivity contribution in [2.24, 2.45) is 0 Å². The third-order valence-corrected chi connectivity index (χ3v) is 4.83. The molecule has 2 heterocycles. The van der Waals surface area contributed by atoms with Gasteiger partial charge in [-0.3, -0.25) is 0 Å². The predicted octanol–water partition coefficient (Wildman–Crippen LogP) is 3.12. The van der Waals surface area contributed by atoms with Crippen LogP contribution in [0.4, 0.5) is 0 Å². The van der Waals surface area contributed by atoms with Crippen LogP contribution in [0.1, 0.15) is 21.1 Å². The summed E-state index contributed by atoms with van der Waals surface area (Å²) < 4.78 is 1.68. The standard InChI is InChI=1S/C14H10Cl2N2O2S/c1-7-17-11-5-12(14(19)20)18(13(11)21-7)6-8-2-3-9(15)10(16)4-8/h2-5H,6H2,1H3,(H,19,20)/p-1. The Kier molecular flexibility index (Phi) is 3.65. The number of fused-ring (bicyclic) bond motifs is 1. The largest absolute Gasteiger partial charge is 0.543 e. The summed E-state index contributed by atoms with van der Waals surface area (Å²) in [4.78, 5) is 16.4. The lowest BCUT2D eigenvalue weighted by molar-refractivity contribution is -0.255. The number of rotatable bonds is 3. The third-order valence-electron chi connectivity index (χ3n) is 3.08. The second-order valence-corrected chi connectivity index (χ2v) is 6.57. The van der Waals surface area contributed by atoms with Gasteiger partial charge in [0.2, 0.25) is 0 Å². The van der Waals surface area contributed by atoms with Gasteiger partial charge in [0.15, 0.2) is 0 Å². The first-order valence-corrected chi connectivity index (χ1v) is 7.65. The summed E-state index contributed by atoms with van der Waals surface area (Å²) in [5.41, 5.74) is 1.63. The molecule has 0 saturated heterocycles. The smallest absolute Gasteiger partial charge is 0.124 e. The molecule has 0 bridgehead atoms. The lowest BCUT2D eigenvalue weighted by Gasteiger charge is -2.11. The topological polar surface area (TPSA) is 57.9 Å². The summed E-state index contributed by atoms with van der Waals surface area (Å²) >= 11 is 13.3. The zero-order valence-corrected chi connectivity index (χ0v) is 13.2. The summed E-state index contributed by atoms with van der Waals surface area (Å²) in [7, 11) is 0. The van der Waals surface area contributed by atoms with Gasteiger partial charge in [-0.25, -0.2) is 4.98 Å². The molecular formula is C14H9Cl2N2O2S-. The number of nitrogens with zero attached hydrogens (tertiary/aromatic N) is 2. The normalized spacial score (nSPS) is 11.2. The third kappa shape index (κ3) is 2.64. The minimum atomic E-state index is -1.22. The van der Waals surface area contributed by atoms with E-state index < -0.39 is 5.97 Å². The number of hydrogen-bond acceptors (Lipinski definition) is 4. The SMILES string of the molecule is Cc1nc2cc(C(=O)[O-])n(Cc3ccc(Cl)c(Cl)c3)c2s1. The van der Waals surface area contributed by atoms with Gasteiger partial charge in [0, 0.05) is 6.54 Å². The number of carboxylic acids is 1. The van der Waals surface area contributed by atoms with Crippen LogP contribution < -0.4 is 5.11 Å². The van der Waals surface area contributed by atoms with Crippen molar-refractivity contribution in [3.63, 3.8) is 0 Å². The molecule has 21 heavy (non-hydrogen) atoms. The van der Waals surface area contributed by atoms with Crippen LogP contribution in [0.25, 0.3) is 10.3 Å². The molecule has 0 radical (unpaired) electrons. The van der Waals surface area contributed by atoms with E-state index in [1.165, 1.54) is 17.4 Å². The molecule has 0 unspecified atom stereocenters. The molecule has 3 aromatic rings. The average molecular weight is 340 g/mol. The van der Waals surface area contributed by atoms with Crippen LogP contribution in [0.3, 0.4) is 0 Å². The Morgan fingerprint density at radius 2 is 2.10 bits per heavy atom. The lowest BCUT2D eigenvalue weighted by atomic mass is 10.2. The number of thiazole rings is 1. The zero-order valence-electron chi connectivity index (χ0n) is 10.9. The second-order valence-electron chi connectivity index (χ2n) is 4.57. The van der Waals surface area contributed by atoms with Crippen molar-refractivity contribution < 1.29 is 9.90 Å². The lowest BCUT2D eigenvalue weighted by Crippen LogP contribution is -2.25. The number of aromatic nitrogens is 2. The van der Waals surface area contributed by atoms with Gasteiger partial charge in [0.1, 0.15) is 10.3 Å². The molecule has 4 nitrogen and oxygen atoms in total. The maximum absolute atomic E-state index is 11.3. The molecule has 0 aliphatic carbocycles. The van der Waals surface area contributed by atoms with E-state index in [0.29, 0.717) is 22.1 Å². The highest BCUT2D eigenvalue weighted by molar-refractivity contribution is 7.18. The maximum Gasteiger partial charge on any atom is 0.124 e. The van der Waals surface area contributed by atoms with Gasteiger partial charge >= 0.3 is 0 Å². The highest BCUT2D eigenvalue weighted by atomic mass is 35.5. The molecule has 7 heteroatoms. The predicted molar refractivity (Wildman–Crippen MR) is 82.2 cm³/mol. The Bertz CT molecular complexity index is 854. The maximum atomic E-state index is 11.3. The first kappa shape index (κ1) is 14.4. The number of aryl methyl sites for hydroxylation is 1. The van der Waals surface area contributed by atoms with E-state index in [1.807, 2.05) is 13.0 Å². The van der Waals surface area contributed by atoms with E-state index in [2.05, 4.69) is 4.98 Å². The Balaban J connectivity index is 2.11. The summed E-state index contributed by atoms with van der Waals surface area (Å²) in [6.07, 6.45) is 0. The summed E-state index contributed by atoms with van der Waals surface area (Å²) in [6, 6.07) is 6.76. The number of halogens is 2. The molecule has 1 aromatic carbocycles. The molecule has 108 valence electrons. The number of aromatic carboxylic acids is 1. The van der Waals surface area contributed by atoms with Crippen molar-refractivity contribution in [3.8, 4) is 0 Å². The monoisotopic (exact) mass is 339 g/mol. The van der Waals surface area contributed by atoms with E-state index in [9.17, 15) is 9.90 Å². The van der Waals surface area contributed by atoms with Crippen LogP contribution in [0, 0.1) is 6.92 Å². The number of carbonyl (C=O) groups excluding carboxylic acids is 1. The number of carbonyl (C=O) groups is 1. The molecule has 0 fully saturated rings. The molecular weight excluding hydrogens is 331 g/mol. The molecule has 2 aromatic heterocycles. The Morgan fingerprint density at radius 1 is 1.33 bits per heavy atom. The molecule has 0 spiro atoms. The van der Waals surface area contributed by atoms with Crippen molar-refractivity contribution >= 4 is 50.9 Å². The Labute approximate surface area is 134 Å². The number of benzene rings is 1. The van der Waals surface area contributed by atoms with E-state index >= 15 is 0 Å². The first-order chi connectivity index (χ1) is 9.95. The van der Waals surface area contributed by atoms with Gasteiger partial charge in [-0.1, -0.05) is 29.3 Å². The summed E-state index contributed by atoms with van der Waals surface area (Å²) in [6.45, 7) is 2.25. The fourth-order valence-electron chi connectivity index (χ4n) is 2.18. The van der Waals surface area contributed by atoms with Crippen LogP contribution in [-0.2, 0) is 6.54 Å². The molecule has 0 aliphatic rings. The molecule has 0 saturated carbocycles. The van der Waals surface area contributed by atoms with Crippen molar-refractivity contribution in [1.29, 1.82) is 0 Å². The van der Waals surface area contributed by atoms with E-state index in [1.54, 1.807) is 16.7 Å². The number of carboxylic acid groups (broad SMARTS) is 1. The van der Waals surface area contributed by atoms with Crippen molar-refractivity contribution in [2.45, 2.75) is 13.5 Å². The highest BCUT2D eigenvalue weighted by Gasteiger charge is 2.14. The van der Waals surface area contributed by atoms with Gasteiger partial charge in [-0.2, -0.15) is 0 Å². The molecule has 0 aliphatic heterocycles. The van der Waals surface area contributed by atoms with Crippen LogP contribution >= 0.6 is 34.5 Å². The van der Waals surface area contributed by atoms with Gasteiger partial charge in [0.25, 0.3) is 0 Å². The zero-order chi connectivity index (χ0) is 15.1. The highest BCUT2D eigenvalue weighted by Crippen LogP contribution is 2.28. The first-order valence-electron chi connectivity index (χ1n) is 6.07.